The third-order valence-electron chi connectivity index (χ3n) is 2.38. The molecule has 0 unspecified atom stereocenters. The van der Waals surface area contributed by atoms with Gasteiger partial charge in [-0.2, -0.15) is 0 Å². The molecule has 0 heterocycles. The average Bonchev–Trinajstić information content (AvgIpc) is 2.38. The van der Waals surface area contributed by atoms with Crippen LogP contribution in [0.1, 0.15) is 11.1 Å². The van der Waals surface area contributed by atoms with Crippen molar-refractivity contribution in [3.63, 3.8) is 0 Å². The number of rotatable bonds is 3. The second-order valence-corrected chi connectivity index (χ2v) is 4.60. The molecule has 0 aliphatic heterocycles. The van der Waals surface area contributed by atoms with Crippen molar-refractivity contribution in [1.82, 2.24) is 0 Å². The molecule has 0 fully saturated rings. The van der Waals surface area contributed by atoms with E-state index in [1.807, 2.05) is 48.5 Å². The van der Waals surface area contributed by atoms with E-state index in [1.165, 1.54) is 0 Å². The minimum absolute atomic E-state index is 0.399. The molecule has 0 radical (unpaired) electrons. The van der Waals surface area contributed by atoms with E-state index in [4.69, 9.17) is 29.6 Å². The minimum atomic E-state index is 0.399. The maximum atomic E-state index is 5.80. The highest BCUT2D eigenvalue weighted by Crippen LogP contribution is 2.16. The van der Waals surface area contributed by atoms with Crippen molar-refractivity contribution in [1.29, 1.82) is 0 Å². The molecule has 2 aromatic carbocycles. The van der Waals surface area contributed by atoms with Crippen molar-refractivity contribution in [3.05, 3.63) is 64.7 Å². The standard InChI is InChI=1S/C14H11ClN2S/c15-12-5-7-13(8-6-12)17-9-10-1-3-11(4-2-10)14(16)18/h1-9H,(H2,16,18). The largest absolute Gasteiger partial charge is 0.389 e. The summed E-state index contributed by atoms with van der Waals surface area (Å²) < 4.78 is 0. The number of aliphatic imine (C=N–C) groups is 1. The number of benzene rings is 2. The van der Waals surface area contributed by atoms with E-state index in [0.717, 1.165) is 16.8 Å². The Hall–Kier alpha value is -1.71. The molecular weight excluding hydrogens is 264 g/mol. The lowest BCUT2D eigenvalue weighted by atomic mass is 10.1. The summed E-state index contributed by atoms with van der Waals surface area (Å²) in [5.41, 5.74) is 8.23. The molecule has 2 nitrogen and oxygen atoms in total. The van der Waals surface area contributed by atoms with Crippen molar-refractivity contribution in [2.75, 3.05) is 0 Å². The topological polar surface area (TPSA) is 38.4 Å². The number of halogens is 1. The molecule has 18 heavy (non-hydrogen) atoms. The highest BCUT2D eigenvalue weighted by atomic mass is 35.5. The van der Waals surface area contributed by atoms with Gasteiger partial charge in [0.1, 0.15) is 4.99 Å². The third kappa shape index (κ3) is 3.39. The summed E-state index contributed by atoms with van der Waals surface area (Å²) in [6.07, 6.45) is 1.78. The average molecular weight is 275 g/mol. The van der Waals surface area contributed by atoms with Crippen molar-refractivity contribution >= 4 is 40.7 Å². The van der Waals surface area contributed by atoms with Crippen LogP contribution in [0, 0.1) is 0 Å². The predicted molar refractivity (Wildman–Crippen MR) is 81.0 cm³/mol. The van der Waals surface area contributed by atoms with Crippen molar-refractivity contribution in [3.8, 4) is 0 Å². The molecule has 0 amide bonds. The van der Waals surface area contributed by atoms with E-state index in [2.05, 4.69) is 4.99 Å². The molecule has 90 valence electrons. The SMILES string of the molecule is NC(=S)c1ccc(C=Nc2ccc(Cl)cc2)cc1. The van der Waals surface area contributed by atoms with Gasteiger partial charge in [0.25, 0.3) is 0 Å². The molecule has 0 aromatic heterocycles. The summed E-state index contributed by atoms with van der Waals surface area (Å²) in [7, 11) is 0. The fourth-order valence-corrected chi connectivity index (χ4v) is 1.67. The number of thiocarbonyl (C=S) groups is 1. The van der Waals surface area contributed by atoms with Gasteiger partial charge >= 0.3 is 0 Å². The Bertz CT molecular complexity index is 574. The van der Waals surface area contributed by atoms with Gasteiger partial charge < -0.3 is 5.73 Å². The fraction of sp³-hybridized carbons (Fsp3) is 0. The van der Waals surface area contributed by atoms with Crippen LogP contribution in [0.25, 0.3) is 0 Å². The highest BCUT2D eigenvalue weighted by Gasteiger charge is 1.95. The first-order chi connectivity index (χ1) is 8.65. The van der Waals surface area contributed by atoms with Gasteiger partial charge in [-0.05, 0) is 29.8 Å². The lowest BCUT2D eigenvalue weighted by Crippen LogP contribution is -2.08. The Morgan fingerprint density at radius 1 is 1.06 bits per heavy atom. The second-order valence-electron chi connectivity index (χ2n) is 3.72. The zero-order valence-corrected chi connectivity index (χ0v) is 11.1. The van der Waals surface area contributed by atoms with Gasteiger partial charge in [-0.3, -0.25) is 4.99 Å². The van der Waals surface area contributed by atoms with Crippen LogP contribution in [0.4, 0.5) is 5.69 Å². The molecule has 0 atom stereocenters. The molecule has 0 saturated carbocycles. The van der Waals surface area contributed by atoms with Crippen molar-refractivity contribution in [2.24, 2.45) is 10.7 Å². The molecule has 0 aliphatic carbocycles. The maximum Gasteiger partial charge on any atom is 0.103 e. The summed E-state index contributed by atoms with van der Waals surface area (Å²) in [5.74, 6) is 0. The molecule has 4 heteroatoms. The molecule has 2 N–H and O–H groups in total. The van der Waals surface area contributed by atoms with Gasteiger partial charge in [-0.1, -0.05) is 48.1 Å². The van der Waals surface area contributed by atoms with Gasteiger partial charge in [0, 0.05) is 16.8 Å². The van der Waals surface area contributed by atoms with Crippen LogP contribution in [0.2, 0.25) is 5.02 Å². The number of hydrogen-bond acceptors (Lipinski definition) is 2. The third-order valence-corrected chi connectivity index (χ3v) is 2.87. The second kappa shape index (κ2) is 5.76. The van der Waals surface area contributed by atoms with Crippen LogP contribution in [0.3, 0.4) is 0 Å². The van der Waals surface area contributed by atoms with Crippen LogP contribution in [0.5, 0.6) is 0 Å². The normalized spacial score (nSPS) is 10.7. The van der Waals surface area contributed by atoms with Crippen LogP contribution >= 0.6 is 23.8 Å². The summed E-state index contributed by atoms with van der Waals surface area (Å²) >= 11 is 10.7. The lowest BCUT2D eigenvalue weighted by Gasteiger charge is -1.98. The van der Waals surface area contributed by atoms with E-state index in [1.54, 1.807) is 6.21 Å². The fourth-order valence-electron chi connectivity index (χ4n) is 1.41. The Morgan fingerprint density at radius 2 is 1.67 bits per heavy atom. The van der Waals surface area contributed by atoms with Crippen molar-refractivity contribution in [2.45, 2.75) is 0 Å². The molecule has 0 bridgehead atoms. The van der Waals surface area contributed by atoms with Gasteiger partial charge in [-0.25, -0.2) is 0 Å². The zero-order chi connectivity index (χ0) is 13.0. The van der Waals surface area contributed by atoms with Crippen LogP contribution in [-0.2, 0) is 0 Å². The Morgan fingerprint density at radius 3 is 2.22 bits per heavy atom. The Balaban J connectivity index is 2.13. The van der Waals surface area contributed by atoms with E-state index in [9.17, 15) is 0 Å². The van der Waals surface area contributed by atoms with E-state index >= 15 is 0 Å². The molecule has 0 spiro atoms. The zero-order valence-electron chi connectivity index (χ0n) is 9.51. The first kappa shape index (κ1) is 12.7. The lowest BCUT2D eigenvalue weighted by molar-refractivity contribution is 1.52. The Labute approximate surface area is 116 Å². The van der Waals surface area contributed by atoms with Gasteiger partial charge in [0.15, 0.2) is 0 Å². The first-order valence-electron chi connectivity index (χ1n) is 5.34. The van der Waals surface area contributed by atoms with E-state index in [0.29, 0.717) is 10.0 Å². The monoisotopic (exact) mass is 274 g/mol. The van der Waals surface area contributed by atoms with Gasteiger partial charge in [-0.15, -0.1) is 0 Å². The van der Waals surface area contributed by atoms with Gasteiger partial charge in [0.05, 0.1) is 5.69 Å². The van der Waals surface area contributed by atoms with Crippen LogP contribution in [0.15, 0.2) is 53.5 Å². The predicted octanol–water partition coefficient (Wildman–Crippen LogP) is 3.72. The number of nitrogens with two attached hydrogens (primary N) is 1. The summed E-state index contributed by atoms with van der Waals surface area (Å²) in [6, 6.07) is 15.0. The van der Waals surface area contributed by atoms with Crippen LogP contribution < -0.4 is 5.73 Å². The summed E-state index contributed by atoms with van der Waals surface area (Å²) in [5, 5.41) is 0.703. The van der Waals surface area contributed by atoms with Crippen LogP contribution in [-0.4, -0.2) is 11.2 Å². The first-order valence-corrected chi connectivity index (χ1v) is 6.13. The van der Waals surface area contributed by atoms with E-state index in [-0.39, 0.29) is 0 Å². The molecule has 2 rings (SSSR count). The smallest absolute Gasteiger partial charge is 0.103 e. The van der Waals surface area contributed by atoms with E-state index < -0.39 is 0 Å². The maximum absolute atomic E-state index is 5.80. The Kier molecular flexibility index (Phi) is 4.07. The summed E-state index contributed by atoms with van der Waals surface area (Å²) in [4.78, 5) is 4.74. The highest BCUT2D eigenvalue weighted by molar-refractivity contribution is 7.80. The molecule has 2 aromatic rings. The van der Waals surface area contributed by atoms with Crippen molar-refractivity contribution < 1.29 is 0 Å². The molecule has 0 aliphatic rings. The number of nitrogens with zero attached hydrogens (tertiary/aromatic N) is 1. The molecule has 0 saturated heterocycles. The quantitative estimate of drug-likeness (QED) is 0.684. The molecular formula is C14H11ClN2S. The number of hydrogen-bond donors (Lipinski definition) is 1. The van der Waals surface area contributed by atoms with Gasteiger partial charge in [0.2, 0.25) is 0 Å². The minimum Gasteiger partial charge on any atom is -0.389 e. The summed E-state index contributed by atoms with van der Waals surface area (Å²) in [6.45, 7) is 0.